The highest BCUT2D eigenvalue weighted by Crippen LogP contribution is 2.31. The molecule has 0 aliphatic heterocycles. The molecule has 0 N–H and O–H groups in total. The van der Waals surface area contributed by atoms with Gasteiger partial charge in [0.2, 0.25) is 5.91 Å². The van der Waals surface area contributed by atoms with E-state index in [1.54, 1.807) is 17.7 Å². The van der Waals surface area contributed by atoms with Crippen LogP contribution in [-0.2, 0) is 4.79 Å². The van der Waals surface area contributed by atoms with Gasteiger partial charge in [-0.15, -0.1) is 0 Å². The van der Waals surface area contributed by atoms with Crippen molar-refractivity contribution in [2.24, 2.45) is 5.92 Å². The summed E-state index contributed by atoms with van der Waals surface area (Å²) < 4.78 is 7.24. The number of carbonyl (C=O) groups is 1. The summed E-state index contributed by atoms with van der Waals surface area (Å²) >= 11 is 0. The smallest absolute Gasteiger partial charge is 0.266 e. The lowest BCUT2D eigenvalue weighted by Gasteiger charge is -2.31. The Labute approximate surface area is 207 Å². The maximum absolute atomic E-state index is 13.8. The number of ether oxygens (including phenoxy) is 1. The number of carbonyl (C=O) groups excluding carboxylic acids is 1. The molecule has 1 amide bonds. The first kappa shape index (κ1) is 25.0. The fourth-order valence-corrected chi connectivity index (χ4v) is 5.25. The number of rotatable bonds is 10. The molecule has 4 rings (SSSR count). The van der Waals surface area contributed by atoms with Gasteiger partial charge in [-0.3, -0.25) is 14.2 Å². The van der Waals surface area contributed by atoms with Crippen molar-refractivity contribution >= 4 is 16.8 Å². The molecule has 1 atom stereocenters. The van der Waals surface area contributed by atoms with Crippen molar-refractivity contribution in [2.45, 2.75) is 71.3 Å². The zero-order chi connectivity index (χ0) is 24.8. The van der Waals surface area contributed by atoms with Crippen LogP contribution in [0.2, 0.25) is 0 Å². The van der Waals surface area contributed by atoms with Gasteiger partial charge in [0.15, 0.2) is 0 Å². The monoisotopic (exact) mass is 475 g/mol. The highest BCUT2D eigenvalue weighted by molar-refractivity contribution is 5.79. The van der Waals surface area contributed by atoms with E-state index in [0.29, 0.717) is 47.0 Å². The van der Waals surface area contributed by atoms with E-state index in [2.05, 4.69) is 6.92 Å². The first-order valence-electron chi connectivity index (χ1n) is 13.0. The van der Waals surface area contributed by atoms with E-state index >= 15 is 0 Å². The van der Waals surface area contributed by atoms with Gasteiger partial charge in [-0.2, -0.15) is 0 Å². The quantitative estimate of drug-likeness (QED) is 0.358. The van der Waals surface area contributed by atoms with Gasteiger partial charge in [-0.05, 0) is 49.9 Å². The molecule has 6 heteroatoms. The molecule has 1 unspecified atom stereocenters. The van der Waals surface area contributed by atoms with Crippen molar-refractivity contribution in [2.75, 3.05) is 13.7 Å². The molecule has 0 bridgehead atoms. The maximum Gasteiger partial charge on any atom is 0.266 e. The van der Waals surface area contributed by atoms with E-state index in [0.717, 1.165) is 19.3 Å². The average Bonchev–Trinajstić information content (AvgIpc) is 3.41. The molecule has 2 aromatic carbocycles. The van der Waals surface area contributed by atoms with Gasteiger partial charge in [0.1, 0.15) is 11.6 Å². The predicted octanol–water partition coefficient (Wildman–Crippen LogP) is 6.05. The Morgan fingerprint density at radius 3 is 2.60 bits per heavy atom. The van der Waals surface area contributed by atoms with E-state index in [1.807, 2.05) is 54.3 Å². The third-order valence-electron chi connectivity index (χ3n) is 7.28. The second-order valence-electron chi connectivity index (χ2n) is 9.61. The van der Waals surface area contributed by atoms with E-state index in [4.69, 9.17) is 9.72 Å². The Kier molecular flexibility index (Phi) is 8.21. The molecule has 186 valence electrons. The lowest BCUT2D eigenvalue weighted by molar-refractivity contribution is -0.134. The second-order valence-corrected chi connectivity index (χ2v) is 9.61. The van der Waals surface area contributed by atoms with Gasteiger partial charge >= 0.3 is 0 Å². The Morgan fingerprint density at radius 1 is 1.14 bits per heavy atom. The predicted molar refractivity (Wildman–Crippen MR) is 140 cm³/mol. The summed E-state index contributed by atoms with van der Waals surface area (Å²) in [6, 6.07) is 14.5. The van der Waals surface area contributed by atoms with Crippen LogP contribution in [0.15, 0.2) is 53.3 Å². The van der Waals surface area contributed by atoms with E-state index in [9.17, 15) is 9.59 Å². The summed E-state index contributed by atoms with van der Waals surface area (Å²) in [6.45, 7) is 4.77. The summed E-state index contributed by atoms with van der Waals surface area (Å²) in [5.41, 5.74) is 1.11. The van der Waals surface area contributed by atoms with Crippen LogP contribution in [0.3, 0.4) is 0 Å². The molecule has 1 heterocycles. The van der Waals surface area contributed by atoms with Gasteiger partial charge in [-0.1, -0.05) is 63.3 Å². The molecule has 35 heavy (non-hydrogen) atoms. The third-order valence-corrected chi connectivity index (χ3v) is 7.28. The standard InChI is InChI=1S/C29H37N3O3/c1-4-5-20-31(27(33)19-18-22-12-6-7-13-22)21(2)28-30-24-15-9-8-14-23(24)29(34)32(28)25-16-10-11-17-26(25)35-3/h8-11,14-17,21-22H,4-7,12-13,18-20H2,1-3H3. The van der Waals surface area contributed by atoms with Crippen molar-refractivity contribution in [3.8, 4) is 11.4 Å². The number of hydrogen-bond acceptors (Lipinski definition) is 4. The molecular weight excluding hydrogens is 438 g/mol. The van der Waals surface area contributed by atoms with Crippen molar-refractivity contribution < 1.29 is 9.53 Å². The molecular formula is C29H37N3O3. The zero-order valence-electron chi connectivity index (χ0n) is 21.2. The van der Waals surface area contributed by atoms with Crippen LogP contribution in [0.5, 0.6) is 5.75 Å². The van der Waals surface area contributed by atoms with Crippen LogP contribution in [-0.4, -0.2) is 34.0 Å². The van der Waals surface area contributed by atoms with Crippen LogP contribution in [0.4, 0.5) is 0 Å². The van der Waals surface area contributed by atoms with E-state index < -0.39 is 0 Å². The number of nitrogens with zero attached hydrogens (tertiary/aromatic N) is 3. The lowest BCUT2D eigenvalue weighted by Crippen LogP contribution is -2.38. The summed E-state index contributed by atoms with van der Waals surface area (Å²) in [4.78, 5) is 34.2. The minimum Gasteiger partial charge on any atom is -0.495 e. The topological polar surface area (TPSA) is 64.4 Å². The summed E-state index contributed by atoms with van der Waals surface area (Å²) in [5, 5.41) is 0.544. The Bertz CT molecular complexity index is 1210. The summed E-state index contributed by atoms with van der Waals surface area (Å²) in [6.07, 6.45) is 8.41. The minimum absolute atomic E-state index is 0.145. The van der Waals surface area contributed by atoms with Gasteiger partial charge in [-0.25, -0.2) is 4.98 Å². The van der Waals surface area contributed by atoms with Crippen molar-refractivity contribution in [1.29, 1.82) is 0 Å². The third kappa shape index (κ3) is 5.42. The first-order chi connectivity index (χ1) is 17.0. The molecule has 3 aromatic rings. The largest absolute Gasteiger partial charge is 0.495 e. The summed E-state index contributed by atoms with van der Waals surface area (Å²) in [7, 11) is 1.60. The van der Waals surface area contributed by atoms with Crippen molar-refractivity contribution in [1.82, 2.24) is 14.5 Å². The number of methoxy groups -OCH3 is 1. The number of hydrogen-bond donors (Lipinski definition) is 0. The molecule has 0 saturated heterocycles. The molecule has 1 aromatic heterocycles. The highest BCUT2D eigenvalue weighted by atomic mass is 16.5. The molecule has 6 nitrogen and oxygen atoms in total. The normalized spacial score (nSPS) is 14.8. The maximum atomic E-state index is 13.8. The average molecular weight is 476 g/mol. The van der Waals surface area contributed by atoms with Gasteiger partial charge in [0.05, 0.1) is 29.7 Å². The van der Waals surface area contributed by atoms with Gasteiger partial charge in [0, 0.05) is 13.0 Å². The van der Waals surface area contributed by atoms with Gasteiger partial charge < -0.3 is 9.64 Å². The Morgan fingerprint density at radius 2 is 1.86 bits per heavy atom. The van der Waals surface area contributed by atoms with Crippen LogP contribution >= 0.6 is 0 Å². The number of benzene rings is 2. The number of unbranched alkanes of at least 4 members (excludes halogenated alkanes) is 1. The fraction of sp³-hybridized carbons (Fsp3) is 0.483. The van der Waals surface area contributed by atoms with Crippen molar-refractivity contribution in [3.63, 3.8) is 0 Å². The zero-order valence-corrected chi connectivity index (χ0v) is 21.2. The molecule has 1 saturated carbocycles. The number of fused-ring (bicyclic) bond motifs is 1. The van der Waals surface area contributed by atoms with Crippen LogP contribution in [0, 0.1) is 5.92 Å². The number of aromatic nitrogens is 2. The van der Waals surface area contributed by atoms with Gasteiger partial charge in [0.25, 0.3) is 5.56 Å². The Balaban J connectivity index is 1.79. The van der Waals surface area contributed by atoms with E-state index in [-0.39, 0.29) is 17.5 Å². The molecule has 1 aliphatic carbocycles. The Hall–Kier alpha value is -3.15. The van der Waals surface area contributed by atoms with E-state index in [1.165, 1.54) is 25.7 Å². The number of amides is 1. The van der Waals surface area contributed by atoms with Crippen LogP contribution < -0.4 is 10.3 Å². The fourth-order valence-electron chi connectivity index (χ4n) is 5.25. The first-order valence-corrected chi connectivity index (χ1v) is 13.0. The highest BCUT2D eigenvalue weighted by Gasteiger charge is 2.28. The molecule has 0 spiro atoms. The minimum atomic E-state index is -0.361. The SMILES string of the molecule is CCCCN(C(=O)CCC1CCCC1)C(C)c1nc2ccccc2c(=O)n1-c1ccccc1OC. The van der Waals surface area contributed by atoms with Crippen molar-refractivity contribution in [3.05, 3.63) is 64.7 Å². The second kappa shape index (κ2) is 11.5. The lowest BCUT2D eigenvalue weighted by atomic mass is 10.0. The van der Waals surface area contributed by atoms with Crippen LogP contribution in [0.25, 0.3) is 16.6 Å². The molecule has 0 radical (unpaired) electrons. The molecule has 1 aliphatic rings. The summed E-state index contributed by atoms with van der Waals surface area (Å²) in [5.74, 6) is 1.95. The number of para-hydroxylation sites is 3. The molecule has 1 fully saturated rings. The van der Waals surface area contributed by atoms with Crippen LogP contribution in [0.1, 0.15) is 77.1 Å².